The first-order chi connectivity index (χ1) is 7.63. The molecular weight excluding hydrogens is 204 g/mol. The lowest BCUT2D eigenvalue weighted by Gasteiger charge is -2.14. The number of hydrogen-bond acceptors (Lipinski definition) is 3. The highest BCUT2D eigenvalue weighted by Gasteiger charge is 2.08. The molecular formula is C13H20O3. The molecule has 0 aliphatic carbocycles. The van der Waals surface area contributed by atoms with Crippen molar-refractivity contribution in [3.8, 4) is 11.5 Å². The van der Waals surface area contributed by atoms with Crippen molar-refractivity contribution in [2.75, 3.05) is 13.7 Å². The Balaban J connectivity index is 2.37. The van der Waals surface area contributed by atoms with Crippen molar-refractivity contribution < 1.29 is 14.6 Å². The number of hydrogen-bond donors (Lipinski definition) is 1. The SMILES string of the molecule is COc1cccc(OCCC(O)C(C)C)c1. The third-order valence-electron chi connectivity index (χ3n) is 2.49. The molecule has 90 valence electrons. The van der Waals surface area contributed by atoms with Gasteiger partial charge in [0.1, 0.15) is 11.5 Å². The van der Waals surface area contributed by atoms with E-state index in [4.69, 9.17) is 9.47 Å². The fraction of sp³-hybridized carbons (Fsp3) is 0.538. The highest BCUT2D eigenvalue weighted by molar-refractivity contribution is 5.32. The van der Waals surface area contributed by atoms with Gasteiger partial charge in [-0.25, -0.2) is 0 Å². The Kier molecular flexibility index (Phi) is 5.12. The molecule has 3 heteroatoms. The van der Waals surface area contributed by atoms with Gasteiger partial charge in [0.05, 0.1) is 19.8 Å². The van der Waals surface area contributed by atoms with Crippen LogP contribution in [0.25, 0.3) is 0 Å². The van der Waals surface area contributed by atoms with Crippen LogP contribution < -0.4 is 9.47 Å². The summed E-state index contributed by atoms with van der Waals surface area (Å²) in [4.78, 5) is 0. The van der Waals surface area contributed by atoms with Crippen LogP contribution >= 0.6 is 0 Å². The Bertz CT molecular complexity index is 310. The smallest absolute Gasteiger partial charge is 0.122 e. The maximum absolute atomic E-state index is 9.60. The van der Waals surface area contributed by atoms with Gasteiger partial charge in [0.25, 0.3) is 0 Å². The van der Waals surface area contributed by atoms with Gasteiger partial charge in [-0.05, 0) is 18.1 Å². The van der Waals surface area contributed by atoms with E-state index in [-0.39, 0.29) is 12.0 Å². The van der Waals surface area contributed by atoms with Crippen molar-refractivity contribution in [1.82, 2.24) is 0 Å². The van der Waals surface area contributed by atoms with Crippen LogP contribution in [0.1, 0.15) is 20.3 Å². The van der Waals surface area contributed by atoms with E-state index in [2.05, 4.69) is 0 Å². The molecule has 1 rings (SSSR count). The normalized spacial score (nSPS) is 12.6. The van der Waals surface area contributed by atoms with Crippen LogP contribution in [-0.4, -0.2) is 24.9 Å². The van der Waals surface area contributed by atoms with Crippen LogP contribution in [0.5, 0.6) is 11.5 Å². The van der Waals surface area contributed by atoms with E-state index in [1.54, 1.807) is 7.11 Å². The summed E-state index contributed by atoms with van der Waals surface area (Å²) in [5.74, 6) is 1.83. The Hall–Kier alpha value is -1.22. The molecule has 0 saturated heterocycles. The van der Waals surface area contributed by atoms with E-state index in [0.29, 0.717) is 13.0 Å². The van der Waals surface area contributed by atoms with E-state index < -0.39 is 0 Å². The highest BCUT2D eigenvalue weighted by atomic mass is 16.5. The van der Waals surface area contributed by atoms with E-state index in [1.165, 1.54) is 0 Å². The summed E-state index contributed by atoms with van der Waals surface area (Å²) in [6.45, 7) is 4.51. The van der Waals surface area contributed by atoms with Crippen LogP contribution in [0, 0.1) is 5.92 Å². The van der Waals surface area contributed by atoms with Crippen molar-refractivity contribution in [1.29, 1.82) is 0 Å². The maximum atomic E-state index is 9.60. The molecule has 0 radical (unpaired) electrons. The van der Waals surface area contributed by atoms with Gasteiger partial charge in [0, 0.05) is 12.5 Å². The number of aliphatic hydroxyl groups is 1. The Morgan fingerprint density at radius 3 is 2.56 bits per heavy atom. The summed E-state index contributed by atoms with van der Waals surface area (Å²) in [7, 11) is 1.63. The summed E-state index contributed by atoms with van der Waals surface area (Å²) in [6, 6.07) is 7.47. The van der Waals surface area contributed by atoms with Crippen molar-refractivity contribution in [2.45, 2.75) is 26.4 Å². The van der Waals surface area contributed by atoms with Gasteiger partial charge >= 0.3 is 0 Å². The Morgan fingerprint density at radius 2 is 1.94 bits per heavy atom. The molecule has 0 aromatic heterocycles. The molecule has 0 fully saturated rings. The average molecular weight is 224 g/mol. The van der Waals surface area contributed by atoms with Crippen LogP contribution in [0.4, 0.5) is 0 Å². The van der Waals surface area contributed by atoms with Crippen LogP contribution in [0.15, 0.2) is 24.3 Å². The molecule has 0 aliphatic heterocycles. The van der Waals surface area contributed by atoms with Crippen molar-refractivity contribution in [3.05, 3.63) is 24.3 Å². The first-order valence-corrected chi connectivity index (χ1v) is 5.58. The molecule has 0 heterocycles. The zero-order chi connectivity index (χ0) is 12.0. The lowest BCUT2D eigenvalue weighted by Crippen LogP contribution is -2.17. The minimum absolute atomic E-state index is 0.272. The maximum Gasteiger partial charge on any atom is 0.122 e. The molecule has 0 saturated carbocycles. The number of benzene rings is 1. The molecule has 0 spiro atoms. The minimum Gasteiger partial charge on any atom is -0.497 e. The minimum atomic E-state index is -0.300. The van der Waals surface area contributed by atoms with E-state index in [1.807, 2.05) is 38.1 Å². The molecule has 0 bridgehead atoms. The van der Waals surface area contributed by atoms with Crippen molar-refractivity contribution in [3.63, 3.8) is 0 Å². The standard InChI is InChI=1S/C13H20O3/c1-10(2)13(14)7-8-16-12-6-4-5-11(9-12)15-3/h4-6,9-10,13-14H,7-8H2,1-3H3. The average Bonchev–Trinajstić information content (AvgIpc) is 2.29. The van der Waals surface area contributed by atoms with Gasteiger partial charge in [-0.1, -0.05) is 19.9 Å². The van der Waals surface area contributed by atoms with Gasteiger partial charge in [-0.15, -0.1) is 0 Å². The molecule has 1 N–H and O–H groups in total. The lowest BCUT2D eigenvalue weighted by molar-refractivity contribution is 0.0976. The molecule has 1 aromatic carbocycles. The summed E-state index contributed by atoms with van der Waals surface area (Å²) in [5, 5.41) is 9.60. The second kappa shape index (κ2) is 6.38. The number of rotatable bonds is 6. The van der Waals surface area contributed by atoms with Gasteiger partial charge in [-0.2, -0.15) is 0 Å². The third-order valence-corrected chi connectivity index (χ3v) is 2.49. The molecule has 16 heavy (non-hydrogen) atoms. The zero-order valence-electron chi connectivity index (χ0n) is 10.1. The molecule has 0 aliphatic rings. The summed E-state index contributed by atoms with van der Waals surface area (Å²) in [6.07, 6.45) is 0.347. The summed E-state index contributed by atoms with van der Waals surface area (Å²) in [5.41, 5.74) is 0. The molecule has 1 aromatic rings. The van der Waals surface area contributed by atoms with Gasteiger partial charge < -0.3 is 14.6 Å². The number of methoxy groups -OCH3 is 1. The quantitative estimate of drug-likeness (QED) is 0.806. The predicted molar refractivity (Wildman–Crippen MR) is 64.0 cm³/mol. The second-order valence-electron chi connectivity index (χ2n) is 4.13. The fourth-order valence-electron chi connectivity index (χ4n) is 1.32. The number of aliphatic hydroxyl groups excluding tert-OH is 1. The van der Waals surface area contributed by atoms with Crippen LogP contribution in [0.3, 0.4) is 0 Å². The van der Waals surface area contributed by atoms with E-state index in [9.17, 15) is 5.11 Å². The summed E-state index contributed by atoms with van der Waals surface area (Å²) < 4.78 is 10.6. The lowest BCUT2D eigenvalue weighted by atomic mass is 10.1. The van der Waals surface area contributed by atoms with Gasteiger partial charge in [0.15, 0.2) is 0 Å². The first-order valence-electron chi connectivity index (χ1n) is 5.58. The van der Waals surface area contributed by atoms with Crippen molar-refractivity contribution >= 4 is 0 Å². The topological polar surface area (TPSA) is 38.7 Å². The van der Waals surface area contributed by atoms with E-state index >= 15 is 0 Å². The fourth-order valence-corrected chi connectivity index (χ4v) is 1.32. The third kappa shape index (κ3) is 4.11. The Labute approximate surface area is 97.0 Å². The number of ether oxygens (including phenoxy) is 2. The van der Waals surface area contributed by atoms with E-state index in [0.717, 1.165) is 11.5 Å². The van der Waals surface area contributed by atoms with Crippen LogP contribution in [-0.2, 0) is 0 Å². The van der Waals surface area contributed by atoms with Gasteiger partial charge in [0.2, 0.25) is 0 Å². The summed E-state index contributed by atoms with van der Waals surface area (Å²) >= 11 is 0. The largest absolute Gasteiger partial charge is 0.497 e. The monoisotopic (exact) mass is 224 g/mol. The Morgan fingerprint density at radius 1 is 1.25 bits per heavy atom. The second-order valence-corrected chi connectivity index (χ2v) is 4.13. The van der Waals surface area contributed by atoms with Crippen molar-refractivity contribution in [2.24, 2.45) is 5.92 Å². The molecule has 1 unspecified atom stereocenters. The first kappa shape index (κ1) is 12.8. The predicted octanol–water partition coefficient (Wildman–Crippen LogP) is 2.48. The molecule has 0 amide bonds. The zero-order valence-corrected chi connectivity index (χ0v) is 10.1. The molecule has 1 atom stereocenters. The highest BCUT2D eigenvalue weighted by Crippen LogP contribution is 2.19. The van der Waals surface area contributed by atoms with Gasteiger partial charge in [-0.3, -0.25) is 0 Å². The molecule has 3 nitrogen and oxygen atoms in total. The van der Waals surface area contributed by atoms with Crippen LogP contribution in [0.2, 0.25) is 0 Å².